The van der Waals surface area contributed by atoms with Crippen LogP contribution >= 0.6 is 0 Å². The number of pyridine rings is 1. The summed E-state index contributed by atoms with van der Waals surface area (Å²) in [6, 6.07) is 22.0. The van der Waals surface area contributed by atoms with E-state index in [2.05, 4.69) is 17.1 Å². The van der Waals surface area contributed by atoms with Gasteiger partial charge in [-0.3, -0.25) is 4.98 Å². The summed E-state index contributed by atoms with van der Waals surface area (Å²) in [5.74, 6) is 0. The van der Waals surface area contributed by atoms with Gasteiger partial charge in [-0.2, -0.15) is 0 Å². The third-order valence-electron chi connectivity index (χ3n) is 4.51. The van der Waals surface area contributed by atoms with Crippen molar-refractivity contribution in [3.05, 3.63) is 101 Å². The molecule has 0 saturated heterocycles. The van der Waals surface area contributed by atoms with Gasteiger partial charge in [0.25, 0.3) is 0 Å². The zero-order valence-electron chi connectivity index (χ0n) is 12.2. The first-order chi connectivity index (χ1) is 10.8. The van der Waals surface area contributed by atoms with E-state index in [1.807, 2.05) is 54.6 Å². The minimum absolute atomic E-state index is 0.678. The lowest BCUT2D eigenvalue weighted by Crippen LogP contribution is -2.31. The van der Waals surface area contributed by atoms with Crippen LogP contribution in [0, 0.1) is 0 Å². The molecule has 0 aliphatic heterocycles. The van der Waals surface area contributed by atoms with Crippen LogP contribution < -0.4 is 0 Å². The molecule has 0 bridgehead atoms. The first-order valence-electron chi connectivity index (χ1n) is 7.61. The fourth-order valence-corrected chi connectivity index (χ4v) is 3.45. The van der Waals surface area contributed by atoms with Crippen molar-refractivity contribution in [3.63, 3.8) is 0 Å². The van der Waals surface area contributed by atoms with Gasteiger partial charge in [-0.15, -0.1) is 0 Å². The van der Waals surface area contributed by atoms with E-state index in [-0.39, 0.29) is 0 Å². The second-order valence-corrected chi connectivity index (χ2v) is 5.74. The summed E-state index contributed by atoms with van der Waals surface area (Å²) >= 11 is 0. The highest BCUT2D eigenvalue weighted by atomic mass is 16.3. The predicted octanol–water partition coefficient (Wildman–Crippen LogP) is 3.46. The standard InChI is InChI=1S/C20H17NO/c22-20(19-11-5-6-14-21-19)17-9-3-1-7-15(17)12-13-16-8-2-4-10-18(16)20/h1-11,14,22H,12-13H2. The Morgan fingerprint density at radius 1 is 0.727 bits per heavy atom. The minimum atomic E-state index is -1.19. The Morgan fingerprint density at radius 2 is 1.27 bits per heavy atom. The molecule has 4 rings (SSSR count). The van der Waals surface area contributed by atoms with Crippen molar-refractivity contribution in [2.24, 2.45) is 0 Å². The fraction of sp³-hybridized carbons (Fsp3) is 0.150. The Balaban J connectivity index is 2.08. The number of nitrogens with zero attached hydrogens (tertiary/aromatic N) is 1. The van der Waals surface area contributed by atoms with Gasteiger partial charge in [0.15, 0.2) is 5.60 Å². The van der Waals surface area contributed by atoms with E-state index in [9.17, 15) is 5.11 Å². The molecule has 1 N–H and O–H groups in total. The van der Waals surface area contributed by atoms with Crippen LogP contribution in [0.15, 0.2) is 72.9 Å². The fourth-order valence-electron chi connectivity index (χ4n) is 3.45. The number of hydrogen-bond acceptors (Lipinski definition) is 2. The molecule has 0 spiro atoms. The Labute approximate surface area is 130 Å². The normalized spacial score (nSPS) is 15.5. The average Bonchev–Trinajstić information content (AvgIpc) is 2.73. The molecule has 22 heavy (non-hydrogen) atoms. The van der Waals surface area contributed by atoms with E-state index in [1.165, 1.54) is 11.1 Å². The lowest BCUT2D eigenvalue weighted by Gasteiger charge is -2.30. The van der Waals surface area contributed by atoms with Crippen molar-refractivity contribution >= 4 is 0 Å². The molecular formula is C20H17NO. The van der Waals surface area contributed by atoms with Crippen molar-refractivity contribution in [1.82, 2.24) is 4.98 Å². The van der Waals surface area contributed by atoms with E-state index in [0.29, 0.717) is 5.69 Å². The highest BCUT2D eigenvalue weighted by Crippen LogP contribution is 2.41. The van der Waals surface area contributed by atoms with Crippen LogP contribution in [0.2, 0.25) is 0 Å². The molecule has 0 radical (unpaired) electrons. The van der Waals surface area contributed by atoms with Gasteiger partial charge in [-0.25, -0.2) is 0 Å². The zero-order chi connectivity index (χ0) is 15.0. The third kappa shape index (κ3) is 1.88. The summed E-state index contributed by atoms with van der Waals surface area (Å²) < 4.78 is 0. The van der Waals surface area contributed by atoms with Crippen LogP contribution in [0.25, 0.3) is 0 Å². The molecule has 2 nitrogen and oxygen atoms in total. The summed E-state index contributed by atoms with van der Waals surface area (Å²) in [7, 11) is 0. The maximum absolute atomic E-state index is 11.8. The van der Waals surface area contributed by atoms with Gasteiger partial charge in [0.2, 0.25) is 0 Å². The molecule has 3 aromatic rings. The summed E-state index contributed by atoms with van der Waals surface area (Å²) in [5.41, 5.74) is 3.75. The molecule has 0 unspecified atom stereocenters. The highest BCUT2D eigenvalue weighted by molar-refractivity contribution is 5.52. The van der Waals surface area contributed by atoms with Crippen molar-refractivity contribution in [3.8, 4) is 0 Å². The molecule has 0 fully saturated rings. The van der Waals surface area contributed by atoms with E-state index in [1.54, 1.807) is 6.20 Å². The molecule has 0 atom stereocenters. The maximum Gasteiger partial charge on any atom is 0.157 e. The lowest BCUT2D eigenvalue weighted by molar-refractivity contribution is 0.120. The smallest absolute Gasteiger partial charge is 0.157 e. The first-order valence-corrected chi connectivity index (χ1v) is 7.61. The van der Waals surface area contributed by atoms with Crippen molar-refractivity contribution < 1.29 is 5.11 Å². The third-order valence-corrected chi connectivity index (χ3v) is 4.51. The lowest BCUT2D eigenvalue weighted by atomic mass is 9.81. The molecule has 1 aliphatic rings. The molecule has 1 heterocycles. The minimum Gasteiger partial charge on any atom is -0.374 e. The van der Waals surface area contributed by atoms with E-state index >= 15 is 0 Å². The second-order valence-electron chi connectivity index (χ2n) is 5.74. The van der Waals surface area contributed by atoms with Gasteiger partial charge < -0.3 is 5.11 Å². The van der Waals surface area contributed by atoms with Gasteiger partial charge in [0.1, 0.15) is 0 Å². The van der Waals surface area contributed by atoms with E-state index in [0.717, 1.165) is 24.0 Å². The summed E-state index contributed by atoms with van der Waals surface area (Å²) in [4.78, 5) is 4.46. The molecule has 108 valence electrons. The topological polar surface area (TPSA) is 33.1 Å². The Bertz CT molecular complexity index is 763. The van der Waals surface area contributed by atoms with Crippen LogP contribution in [0.1, 0.15) is 27.9 Å². The molecule has 1 aliphatic carbocycles. The molecule has 1 aromatic heterocycles. The average molecular weight is 287 g/mol. The Hall–Kier alpha value is -2.45. The van der Waals surface area contributed by atoms with E-state index in [4.69, 9.17) is 0 Å². The highest BCUT2D eigenvalue weighted by Gasteiger charge is 2.39. The summed E-state index contributed by atoms with van der Waals surface area (Å²) in [6.45, 7) is 0. The number of aryl methyl sites for hydroxylation is 2. The Kier molecular flexibility index (Phi) is 3.05. The van der Waals surface area contributed by atoms with Gasteiger partial charge in [-0.1, -0.05) is 54.6 Å². The van der Waals surface area contributed by atoms with Gasteiger partial charge >= 0.3 is 0 Å². The van der Waals surface area contributed by atoms with Crippen LogP contribution in [0.5, 0.6) is 0 Å². The van der Waals surface area contributed by atoms with Gasteiger partial charge in [0.05, 0.1) is 5.69 Å². The number of aromatic nitrogens is 1. The second kappa shape index (κ2) is 5.08. The van der Waals surface area contributed by atoms with Crippen molar-refractivity contribution in [2.75, 3.05) is 0 Å². The van der Waals surface area contributed by atoms with Crippen LogP contribution in [-0.2, 0) is 18.4 Å². The Morgan fingerprint density at radius 3 is 1.82 bits per heavy atom. The monoisotopic (exact) mass is 287 g/mol. The number of aliphatic hydroxyl groups is 1. The van der Waals surface area contributed by atoms with Crippen molar-refractivity contribution in [2.45, 2.75) is 18.4 Å². The number of fused-ring (bicyclic) bond motifs is 2. The summed E-state index contributed by atoms with van der Waals surface area (Å²) in [6.07, 6.45) is 3.61. The maximum atomic E-state index is 11.8. The van der Waals surface area contributed by atoms with Crippen LogP contribution in [-0.4, -0.2) is 10.1 Å². The quantitative estimate of drug-likeness (QED) is 0.743. The SMILES string of the molecule is OC1(c2ccccn2)c2ccccc2CCc2ccccc21. The van der Waals surface area contributed by atoms with Crippen LogP contribution in [0.3, 0.4) is 0 Å². The van der Waals surface area contributed by atoms with Gasteiger partial charge in [0, 0.05) is 6.20 Å². The number of hydrogen-bond donors (Lipinski definition) is 1. The van der Waals surface area contributed by atoms with Crippen LogP contribution in [0.4, 0.5) is 0 Å². The van der Waals surface area contributed by atoms with E-state index < -0.39 is 5.60 Å². The predicted molar refractivity (Wildman–Crippen MR) is 86.6 cm³/mol. The largest absolute Gasteiger partial charge is 0.374 e. The van der Waals surface area contributed by atoms with Gasteiger partial charge in [-0.05, 0) is 47.2 Å². The number of benzene rings is 2. The summed E-state index contributed by atoms with van der Waals surface area (Å²) in [5, 5.41) is 11.8. The molecule has 2 aromatic carbocycles. The molecule has 0 saturated carbocycles. The van der Waals surface area contributed by atoms with Crippen molar-refractivity contribution in [1.29, 1.82) is 0 Å². The molecular weight excluding hydrogens is 270 g/mol. The zero-order valence-corrected chi connectivity index (χ0v) is 12.2. The molecule has 0 amide bonds. The molecule has 2 heteroatoms. The first kappa shape index (κ1) is 13.2. The number of rotatable bonds is 1.